The number of rotatable bonds is 28. The monoisotopic (exact) mass is 518 g/mol. The van der Waals surface area contributed by atoms with Gasteiger partial charge in [0.2, 0.25) is 0 Å². The van der Waals surface area contributed by atoms with Crippen molar-refractivity contribution in [2.24, 2.45) is 0 Å². The molecule has 0 amide bonds. The molecule has 0 saturated heterocycles. The summed E-state index contributed by atoms with van der Waals surface area (Å²) in [4.78, 5) is 0. The molecule has 0 spiro atoms. The molecule has 0 rings (SSSR count). The minimum absolute atomic E-state index is 1.31. The van der Waals surface area contributed by atoms with E-state index < -0.39 is 5.96 Å². The Kier molecular flexibility index (Phi) is 24.6. The summed E-state index contributed by atoms with van der Waals surface area (Å²) in [7, 11) is 0. The maximum atomic E-state index is 7.91. The number of hydrogen-bond donors (Lipinski definition) is 0. The van der Waals surface area contributed by atoms with E-state index in [-0.39, 0.29) is 0 Å². The summed E-state index contributed by atoms with van der Waals surface area (Å²) in [5.74, 6) is -2.04. The van der Waals surface area contributed by atoms with Crippen LogP contribution < -0.4 is 0 Å². The van der Waals surface area contributed by atoms with E-state index >= 15 is 0 Å². The Hall–Kier alpha value is 0.720. The van der Waals surface area contributed by atoms with Crippen molar-refractivity contribution < 1.29 is 0 Å². The molecule has 0 fully saturated rings. The van der Waals surface area contributed by atoms with Gasteiger partial charge in [-0.05, 0) is 0 Å². The van der Waals surface area contributed by atoms with E-state index in [9.17, 15) is 0 Å². The molecule has 34 heavy (non-hydrogen) atoms. The van der Waals surface area contributed by atoms with Crippen LogP contribution in [0.25, 0.3) is 0 Å². The van der Waals surface area contributed by atoms with Crippen LogP contribution in [0.3, 0.4) is 0 Å². The van der Waals surface area contributed by atoms with Crippen LogP contribution >= 0.6 is 17.2 Å². The third kappa shape index (κ3) is 19.9. The number of halogens is 1. The van der Waals surface area contributed by atoms with Gasteiger partial charge in [0.15, 0.2) is 0 Å². The summed E-state index contributed by atoms with van der Waals surface area (Å²) in [5, 5.41) is 0. The van der Waals surface area contributed by atoms with Crippen LogP contribution in [-0.4, -0.2) is 24.6 Å². The molecule has 2 heteroatoms. The van der Waals surface area contributed by atoms with Crippen LogP contribution in [-0.2, 0) is 0 Å². The second-order valence-corrected chi connectivity index (χ2v) is 20.1. The van der Waals surface area contributed by atoms with Gasteiger partial charge in [-0.15, -0.1) is 0 Å². The topological polar surface area (TPSA) is 0 Å². The van der Waals surface area contributed by atoms with Gasteiger partial charge in [-0.2, -0.15) is 0 Å². The Morgan fingerprint density at radius 2 is 0.500 bits per heavy atom. The number of hydrogen-bond acceptors (Lipinski definition) is 0. The Balaban J connectivity index is 4.37. The van der Waals surface area contributed by atoms with Crippen molar-refractivity contribution in [1.29, 1.82) is 0 Å². The first-order valence-electron chi connectivity index (χ1n) is 16.3. The molecule has 0 N–H and O–H groups in total. The van der Waals surface area contributed by atoms with Crippen LogP contribution in [0.2, 0.25) is 0 Å². The zero-order valence-electron chi connectivity index (χ0n) is 24.6. The molecule has 0 radical (unpaired) electrons. The van der Waals surface area contributed by atoms with Crippen LogP contribution in [0.4, 0.5) is 0 Å². The van der Waals surface area contributed by atoms with Crippen molar-refractivity contribution in [2.75, 3.05) is 24.6 Å². The molecule has 0 aliphatic rings. The molecule has 0 atom stereocenters. The van der Waals surface area contributed by atoms with Gasteiger partial charge in [0.1, 0.15) is 0 Å². The normalized spacial score (nSPS) is 13.3. The Morgan fingerprint density at radius 1 is 0.294 bits per heavy atom. The van der Waals surface area contributed by atoms with Gasteiger partial charge in [0.25, 0.3) is 0 Å². The van der Waals surface area contributed by atoms with Crippen LogP contribution in [0, 0.1) is 0 Å². The quantitative estimate of drug-likeness (QED) is 0.0713. The predicted molar refractivity (Wildman–Crippen MR) is 166 cm³/mol. The maximum absolute atomic E-state index is 7.91. The summed E-state index contributed by atoms with van der Waals surface area (Å²) >= 11 is 7.91. The first kappa shape index (κ1) is 34.7. The van der Waals surface area contributed by atoms with E-state index in [4.69, 9.17) is 11.2 Å². The fourth-order valence-corrected chi connectivity index (χ4v) is 12.8. The third-order valence-electron chi connectivity index (χ3n) is 8.28. The van der Waals surface area contributed by atoms with E-state index in [0.717, 1.165) is 0 Å². The van der Waals surface area contributed by atoms with Crippen molar-refractivity contribution in [1.82, 2.24) is 0 Å². The molecule has 0 aromatic heterocycles. The van der Waals surface area contributed by atoms with Crippen molar-refractivity contribution in [3.8, 4) is 0 Å². The zero-order chi connectivity index (χ0) is 25.2. The predicted octanol–water partition coefficient (Wildman–Crippen LogP) is 13.1. The van der Waals surface area contributed by atoms with Gasteiger partial charge in [0.05, 0.1) is 0 Å². The Morgan fingerprint density at radius 3 is 0.765 bits per heavy atom. The Bertz CT molecular complexity index is 372. The zero-order valence-corrected chi connectivity index (χ0v) is 26.3. The third-order valence-corrected chi connectivity index (χ3v) is 16.0. The van der Waals surface area contributed by atoms with Crippen LogP contribution in [0.5, 0.6) is 0 Å². The molecule has 0 nitrogen and oxygen atoms in total. The van der Waals surface area contributed by atoms with Gasteiger partial charge in [-0.25, -0.2) is 0 Å². The molecule has 0 aliphatic heterocycles. The SMILES string of the molecule is CCCCCCCCCCCCP(Cl)(CCCC)(CCCC)CCCCCCCCCCCC. The molecule has 0 aromatic carbocycles. The van der Waals surface area contributed by atoms with E-state index in [1.165, 1.54) is 179 Å². The fourth-order valence-electron chi connectivity index (χ4n) is 5.77. The molecule has 0 bridgehead atoms. The summed E-state index contributed by atoms with van der Waals surface area (Å²) in [6.45, 7) is 9.34. The molecular formula is C32H68ClP. The fraction of sp³-hybridized carbons (Fsp3) is 1.00. The summed E-state index contributed by atoms with van der Waals surface area (Å²) in [5.41, 5.74) is 0. The second kappa shape index (κ2) is 24.1. The van der Waals surface area contributed by atoms with Gasteiger partial charge in [-0.1, -0.05) is 0 Å². The van der Waals surface area contributed by atoms with Crippen LogP contribution in [0.15, 0.2) is 0 Å². The first-order chi connectivity index (χ1) is 16.5. The minimum atomic E-state index is -2.04. The first-order valence-corrected chi connectivity index (χ1v) is 20.1. The summed E-state index contributed by atoms with van der Waals surface area (Å²) < 4.78 is 0. The molecule has 0 aliphatic carbocycles. The van der Waals surface area contributed by atoms with E-state index in [1.807, 2.05) is 0 Å². The second-order valence-electron chi connectivity index (χ2n) is 11.8. The average Bonchev–Trinajstić information content (AvgIpc) is 2.84. The van der Waals surface area contributed by atoms with Crippen molar-refractivity contribution >= 4 is 17.2 Å². The summed E-state index contributed by atoms with van der Waals surface area (Å²) in [6.07, 6.45) is 39.5. The van der Waals surface area contributed by atoms with E-state index in [1.54, 1.807) is 0 Å². The molecule has 0 aromatic rings. The Labute approximate surface area is 223 Å². The molecule has 0 saturated carbocycles. The molecule has 0 heterocycles. The van der Waals surface area contributed by atoms with E-state index in [2.05, 4.69) is 27.7 Å². The van der Waals surface area contributed by atoms with Crippen molar-refractivity contribution in [3.63, 3.8) is 0 Å². The average molecular weight is 519 g/mol. The van der Waals surface area contributed by atoms with Gasteiger partial charge >= 0.3 is 224 Å². The molecule has 0 unspecified atom stereocenters. The van der Waals surface area contributed by atoms with Gasteiger partial charge in [-0.3, -0.25) is 0 Å². The molecule has 208 valence electrons. The van der Waals surface area contributed by atoms with Gasteiger partial charge in [0, 0.05) is 0 Å². The van der Waals surface area contributed by atoms with Crippen molar-refractivity contribution in [2.45, 2.75) is 182 Å². The van der Waals surface area contributed by atoms with Crippen LogP contribution in [0.1, 0.15) is 182 Å². The standard InChI is InChI=1S/C32H68ClP/c1-5-9-13-15-17-19-21-23-25-27-31-34(33,29-11-7-3,30-12-8-4)32-28-26-24-22-20-18-16-14-10-6-2/h5-32H2,1-4H3. The summed E-state index contributed by atoms with van der Waals surface area (Å²) in [6, 6.07) is 0. The van der Waals surface area contributed by atoms with Gasteiger partial charge < -0.3 is 0 Å². The molecular weight excluding hydrogens is 451 g/mol. The van der Waals surface area contributed by atoms with Crippen molar-refractivity contribution in [3.05, 3.63) is 0 Å². The number of unbranched alkanes of at least 4 members (excludes halogenated alkanes) is 20. The van der Waals surface area contributed by atoms with E-state index in [0.29, 0.717) is 0 Å².